The predicted molar refractivity (Wildman–Crippen MR) is 160 cm³/mol. The molecule has 0 aromatic heterocycles. The fraction of sp³-hybridized carbons (Fsp3) is 0.375. The minimum atomic E-state index is -0.584. The molecule has 1 fully saturated rings. The van der Waals surface area contributed by atoms with Crippen molar-refractivity contribution >= 4 is 23.3 Å². The Balaban J connectivity index is 1.33. The van der Waals surface area contributed by atoms with Gasteiger partial charge in [0.15, 0.2) is 11.5 Å². The highest BCUT2D eigenvalue weighted by Crippen LogP contribution is 2.38. The van der Waals surface area contributed by atoms with E-state index in [-0.39, 0.29) is 18.0 Å². The Morgan fingerprint density at radius 2 is 1.61 bits per heavy atom. The summed E-state index contributed by atoms with van der Waals surface area (Å²) >= 11 is 0. The first kappa shape index (κ1) is 28.3. The minimum absolute atomic E-state index is 0.150. The molecular formula is C32H39N5O4. The van der Waals surface area contributed by atoms with Crippen LogP contribution in [0.5, 0.6) is 11.5 Å². The molecule has 3 aromatic carbocycles. The normalized spacial score (nSPS) is 16.9. The number of hydrogen-bond donors (Lipinski definition) is 4. The number of amides is 3. The van der Waals surface area contributed by atoms with E-state index in [1.165, 1.54) is 5.56 Å². The first-order chi connectivity index (χ1) is 19.9. The van der Waals surface area contributed by atoms with Crippen LogP contribution in [0.25, 0.3) is 0 Å². The van der Waals surface area contributed by atoms with Gasteiger partial charge in [-0.05, 0) is 92.2 Å². The molecule has 9 heteroatoms. The molecule has 2 aliphatic heterocycles. The smallest absolute Gasteiger partial charge is 0.312 e. The van der Waals surface area contributed by atoms with Crippen molar-refractivity contribution in [3.8, 4) is 11.5 Å². The van der Waals surface area contributed by atoms with Crippen molar-refractivity contribution in [2.24, 2.45) is 11.7 Å². The molecule has 1 saturated heterocycles. The van der Waals surface area contributed by atoms with Crippen molar-refractivity contribution in [1.82, 2.24) is 10.2 Å². The van der Waals surface area contributed by atoms with E-state index < -0.39 is 6.03 Å². The Kier molecular flexibility index (Phi) is 8.94. The summed E-state index contributed by atoms with van der Waals surface area (Å²) in [6, 6.07) is 19.8. The van der Waals surface area contributed by atoms with Crippen LogP contribution >= 0.6 is 0 Å². The molecule has 2 atom stereocenters. The number of likely N-dealkylation sites (tertiary alicyclic amines) is 1. The van der Waals surface area contributed by atoms with Crippen LogP contribution in [0.3, 0.4) is 0 Å². The van der Waals surface area contributed by atoms with E-state index in [4.69, 9.17) is 20.9 Å². The number of para-hydroxylation sites is 2. The second kappa shape index (κ2) is 13.0. The van der Waals surface area contributed by atoms with Crippen LogP contribution in [-0.4, -0.2) is 43.1 Å². The maximum absolute atomic E-state index is 12.8. The zero-order valence-corrected chi connectivity index (χ0v) is 23.5. The largest absolute Gasteiger partial charge is 0.486 e. The topological polar surface area (TPSA) is 132 Å². The quantitative estimate of drug-likeness (QED) is 0.266. The Labute approximate surface area is 241 Å². The third-order valence-corrected chi connectivity index (χ3v) is 8.04. The SMILES string of the molecule is CC1CCN(C(CCC(NC(N)=O)c2ccc(C(=O)Nc3ccccc3N)cc2)c2ccc3c(c2)OCCO3)CC1. The Morgan fingerprint density at radius 3 is 2.32 bits per heavy atom. The number of anilines is 2. The number of benzene rings is 3. The molecular weight excluding hydrogens is 518 g/mol. The highest BCUT2D eigenvalue weighted by Gasteiger charge is 2.27. The molecule has 41 heavy (non-hydrogen) atoms. The van der Waals surface area contributed by atoms with Crippen LogP contribution in [0, 0.1) is 5.92 Å². The van der Waals surface area contributed by atoms with Gasteiger partial charge in [-0.1, -0.05) is 37.3 Å². The van der Waals surface area contributed by atoms with E-state index in [0.29, 0.717) is 42.5 Å². The molecule has 0 radical (unpaired) electrons. The number of carbonyl (C=O) groups is 2. The Bertz CT molecular complexity index is 1350. The standard InChI is InChI=1S/C32H39N5O4/c1-21-14-16-37(17-15-21)28(24-10-13-29-30(20-24)41-19-18-40-29)12-11-26(36-32(34)39)22-6-8-23(9-7-22)31(38)35-27-5-3-2-4-25(27)33/h2-10,13,20-21,26,28H,11-12,14-19,33H2,1H3,(H,35,38)(H3,34,36,39). The van der Waals surface area contributed by atoms with E-state index in [0.717, 1.165) is 49.4 Å². The molecule has 3 amide bonds. The molecule has 216 valence electrons. The molecule has 2 heterocycles. The molecule has 2 aliphatic rings. The highest BCUT2D eigenvalue weighted by molar-refractivity contribution is 6.05. The first-order valence-electron chi connectivity index (χ1n) is 14.3. The summed E-state index contributed by atoms with van der Waals surface area (Å²) in [6.07, 6.45) is 3.78. The average Bonchev–Trinajstić information content (AvgIpc) is 2.98. The van der Waals surface area contributed by atoms with Crippen LogP contribution < -0.4 is 31.6 Å². The van der Waals surface area contributed by atoms with Gasteiger partial charge in [-0.2, -0.15) is 0 Å². The number of primary amides is 1. The Morgan fingerprint density at radius 1 is 0.927 bits per heavy atom. The van der Waals surface area contributed by atoms with Crippen molar-refractivity contribution in [2.75, 3.05) is 37.4 Å². The third kappa shape index (κ3) is 7.10. The number of carbonyl (C=O) groups excluding carboxylic acids is 2. The van der Waals surface area contributed by atoms with Gasteiger partial charge in [0.25, 0.3) is 5.91 Å². The molecule has 0 saturated carbocycles. The zero-order chi connectivity index (χ0) is 28.8. The van der Waals surface area contributed by atoms with Gasteiger partial charge in [0.1, 0.15) is 13.2 Å². The lowest BCUT2D eigenvalue weighted by atomic mass is 9.91. The van der Waals surface area contributed by atoms with Crippen molar-refractivity contribution in [3.63, 3.8) is 0 Å². The van der Waals surface area contributed by atoms with Gasteiger partial charge in [-0.3, -0.25) is 9.69 Å². The predicted octanol–water partition coefficient (Wildman–Crippen LogP) is 5.26. The zero-order valence-electron chi connectivity index (χ0n) is 23.5. The fourth-order valence-electron chi connectivity index (χ4n) is 5.66. The van der Waals surface area contributed by atoms with E-state index in [9.17, 15) is 9.59 Å². The van der Waals surface area contributed by atoms with E-state index in [1.807, 2.05) is 30.3 Å². The maximum atomic E-state index is 12.8. The second-order valence-corrected chi connectivity index (χ2v) is 10.9. The molecule has 2 unspecified atom stereocenters. The molecule has 6 N–H and O–H groups in total. The van der Waals surface area contributed by atoms with Gasteiger partial charge in [0.2, 0.25) is 0 Å². The van der Waals surface area contributed by atoms with E-state index >= 15 is 0 Å². The lowest BCUT2D eigenvalue weighted by molar-refractivity contribution is 0.102. The second-order valence-electron chi connectivity index (χ2n) is 10.9. The maximum Gasteiger partial charge on any atom is 0.312 e. The van der Waals surface area contributed by atoms with Gasteiger partial charge in [-0.15, -0.1) is 0 Å². The van der Waals surface area contributed by atoms with Crippen molar-refractivity contribution in [3.05, 3.63) is 83.4 Å². The average molecular weight is 558 g/mol. The number of urea groups is 1. The van der Waals surface area contributed by atoms with Crippen LogP contribution in [0.1, 0.15) is 66.2 Å². The summed E-state index contributed by atoms with van der Waals surface area (Å²) in [4.78, 5) is 27.4. The number of rotatable bonds is 9. The van der Waals surface area contributed by atoms with Crippen molar-refractivity contribution < 1.29 is 19.1 Å². The number of nitrogens with zero attached hydrogens (tertiary/aromatic N) is 1. The van der Waals surface area contributed by atoms with Gasteiger partial charge in [-0.25, -0.2) is 4.79 Å². The minimum Gasteiger partial charge on any atom is -0.486 e. The summed E-state index contributed by atoms with van der Waals surface area (Å²) in [5, 5.41) is 5.77. The lowest BCUT2D eigenvalue weighted by Gasteiger charge is -2.38. The van der Waals surface area contributed by atoms with Crippen molar-refractivity contribution in [2.45, 2.75) is 44.7 Å². The molecule has 0 bridgehead atoms. The van der Waals surface area contributed by atoms with Crippen LogP contribution in [0.15, 0.2) is 66.7 Å². The van der Waals surface area contributed by atoms with E-state index in [2.05, 4.69) is 34.6 Å². The number of hydrogen-bond acceptors (Lipinski definition) is 6. The molecule has 9 nitrogen and oxygen atoms in total. The third-order valence-electron chi connectivity index (χ3n) is 8.04. The summed E-state index contributed by atoms with van der Waals surface area (Å²) < 4.78 is 11.6. The van der Waals surface area contributed by atoms with Gasteiger partial charge >= 0.3 is 6.03 Å². The Hall–Kier alpha value is -4.24. The number of nitrogens with one attached hydrogen (secondary N) is 2. The number of nitrogen functional groups attached to an aromatic ring is 1. The van der Waals surface area contributed by atoms with Gasteiger partial charge in [0.05, 0.1) is 17.4 Å². The first-order valence-corrected chi connectivity index (χ1v) is 14.3. The lowest BCUT2D eigenvalue weighted by Crippen LogP contribution is -2.37. The van der Waals surface area contributed by atoms with E-state index in [1.54, 1.807) is 24.3 Å². The monoisotopic (exact) mass is 557 g/mol. The van der Waals surface area contributed by atoms with Crippen LogP contribution in [0.4, 0.5) is 16.2 Å². The van der Waals surface area contributed by atoms with Gasteiger partial charge in [0, 0.05) is 11.6 Å². The summed E-state index contributed by atoms with van der Waals surface area (Å²) in [6.45, 7) is 5.44. The fourth-order valence-corrected chi connectivity index (χ4v) is 5.66. The number of ether oxygens (including phenoxy) is 2. The number of nitrogens with two attached hydrogens (primary N) is 2. The molecule has 0 spiro atoms. The molecule has 5 rings (SSSR count). The highest BCUT2D eigenvalue weighted by atomic mass is 16.6. The van der Waals surface area contributed by atoms with Crippen molar-refractivity contribution in [1.29, 1.82) is 0 Å². The summed E-state index contributed by atoms with van der Waals surface area (Å²) in [7, 11) is 0. The summed E-state index contributed by atoms with van der Waals surface area (Å²) in [5.41, 5.74) is 15.2. The van der Waals surface area contributed by atoms with Crippen LogP contribution in [-0.2, 0) is 0 Å². The van der Waals surface area contributed by atoms with Gasteiger partial charge < -0.3 is 31.6 Å². The number of piperidine rings is 1. The van der Waals surface area contributed by atoms with Crippen LogP contribution in [0.2, 0.25) is 0 Å². The molecule has 3 aromatic rings. The number of fused-ring (bicyclic) bond motifs is 1. The summed E-state index contributed by atoms with van der Waals surface area (Å²) in [5.74, 6) is 2.01. The molecule has 0 aliphatic carbocycles.